The number of hydrogen-bond acceptors (Lipinski definition) is 2. The zero-order valence-electron chi connectivity index (χ0n) is 10.9. The molecule has 16 heavy (non-hydrogen) atoms. The van der Waals surface area contributed by atoms with Gasteiger partial charge >= 0.3 is 0 Å². The predicted octanol–water partition coefficient (Wildman–Crippen LogP) is 4.11. The Bertz CT molecular complexity index is 284. The lowest BCUT2D eigenvalue weighted by molar-refractivity contribution is 0.394. The van der Waals surface area contributed by atoms with Gasteiger partial charge in [0.05, 0.1) is 6.20 Å². The van der Waals surface area contributed by atoms with Crippen molar-refractivity contribution in [3.8, 4) is 0 Å². The first-order valence-electron chi connectivity index (χ1n) is 6.50. The molecule has 1 aromatic heterocycles. The van der Waals surface area contributed by atoms with Crippen LogP contribution in [-0.4, -0.2) is 10.2 Å². The van der Waals surface area contributed by atoms with E-state index < -0.39 is 0 Å². The van der Waals surface area contributed by atoms with Gasteiger partial charge in [-0.1, -0.05) is 46.5 Å². The van der Waals surface area contributed by atoms with Crippen molar-refractivity contribution >= 4 is 0 Å². The zero-order chi connectivity index (χ0) is 11.9. The SMILES string of the molecule is CCCCCCC(C)(CC)c1ccnnc1. The van der Waals surface area contributed by atoms with E-state index in [1.165, 1.54) is 44.1 Å². The van der Waals surface area contributed by atoms with Gasteiger partial charge in [0.25, 0.3) is 0 Å². The fraction of sp³-hybridized carbons (Fsp3) is 0.714. The lowest BCUT2D eigenvalue weighted by Gasteiger charge is -2.28. The summed E-state index contributed by atoms with van der Waals surface area (Å²) >= 11 is 0. The highest BCUT2D eigenvalue weighted by atomic mass is 15.1. The van der Waals surface area contributed by atoms with Crippen molar-refractivity contribution in [2.75, 3.05) is 0 Å². The number of rotatable bonds is 7. The minimum Gasteiger partial charge on any atom is -0.159 e. The fourth-order valence-corrected chi connectivity index (χ4v) is 2.11. The predicted molar refractivity (Wildman–Crippen MR) is 68.4 cm³/mol. The molecule has 0 fully saturated rings. The molecular weight excluding hydrogens is 196 g/mol. The summed E-state index contributed by atoms with van der Waals surface area (Å²) < 4.78 is 0. The van der Waals surface area contributed by atoms with Crippen LogP contribution in [0.2, 0.25) is 0 Å². The van der Waals surface area contributed by atoms with E-state index in [4.69, 9.17) is 0 Å². The molecule has 0 aromatic carbocycles. The molecule has 90 valence electrons. The highest BCUT2D eigenvalue weighted by Crippen LogP contribution is 2.32. The zero-order valence-corrected chi connectivity index (χ0v) is 10.9. The van der Waals surface area contributed by atoms with Crippen molar-refractivity contribution in [1.82, 2.24) is 10.2 Å². The normalized spacial score (nSPS) is 14.7. The third-order valence-corrected chi connectivity index (χ3v) is 3.64. The molecular formula is C14H24N2. The minimum absolute atomic E-state index is 0.281. The monoisotopic (exact) mass is 220 g/mol. The summed E-state index contributed by atoms with van der Waals surface area (Å²) in [6.45, 7) is 6.86. The average Bonchev–Trinajstić information content (AvgIpc) is 2.35. The molecule has 1 aromatic rings. The lowest BCUT2D eigenvalue weighted by atomic mass is 9.77. The van der Waals surface area contributed by atoms with Crippen molar-refractivity contribution in [3.63, 3.8) is 0 Å². The van der Waals surface area contributed by atoms with Gasteiger partial charge < -0.3 is 0 Å². The molecule has 0 saturated carbocycles. The van der Waals surface area contributed by atoms with Gasteiger partial charge in [0, 0.05) is 6.20 Å². The second-order valence-electron chi connectivity index (χ2n) is 4.86. The van der Waals surface area contributed by atoms with E-state index in [-0.39, 0.29) is 5.41 Å². The summed E-state index contributed by atoms with van der Waals surface area (Å²) in [5.41, 5.74) is 1.62. The molecule has 0 bridgehead atoms. The van der Waals surface area contributed by atoms with Gasteiger partial charge in [-0.05, 0) is 29.9 Å². The van der Waals surface area contributed by atoms with Gasteiger partial charge in [-0.2, -0.15) is 10.2 Å². The molecule has 2 nitrogen and oxygen atoms in total. The van der Waals surface area contributed by atoms with Crippen molar-refractivity contribution in [2.24, 2.45) is 0 Å². The van der Waals surface area contributed by atoms with Crippen LogP contribution in [0.3, 0.4) is 0 Å². The maximum absolute atomic E-state index is 3.99. The number of unbranched alkanes of at least 4 members (excludes halogenated alkanes) is 3. The molecule has 0 aliphatic rings. The van der Waals surface area contributed by atoms with E-state index in [1.54, 1.807) is 6.20 Å². The maximum Gasteiger partial charge on any atom is 0.0533 e. The maximum atomic E-state index is 3.99. The van der Waals surface area contributed by atoms with Crippen molar-refractivity contribution in [2.45, 2.75) is 64.7 Å². The van der Waals surface area contributed by atoms with Gasteiger partial charge in [-0.3, -0.25) is 0 Å². The molecule has 0 aliphatic carbocycles. The molecule has 0 N–H and O–H groups in total. The average molecular weight is 220 g/mol. The molecule has 0 amide bonds. The summed E-state index contributed by atoms with van der Waals surface area (Å²) in [4.78, 5) is 0. The van der Waals surface area contributed by atoms with Gasteiger partial charge in [-0.25, -0.2) is 0 Å². The van der Waals surface area contributed by atoms with E-state index in [0.717, 1.165) is 0 Å². The molecule has 1 rings (SSSR count). The molecule has 1 heterocycles. The second kappa shape index (κ2) is 6.62. The van der Waals surface area contributed by atoms with E-state index in [0.29, 0.717) is 0 Å². The molecule has 1 unspecified atom stereocenters. The number of hydrogen-bond donors (Lipinski definition) is 0. The first kappa shape index (κ1) is 13.1. The standard InChI is InChI=1S/C14H24N2/c1-4-6-7-8-10-14(3,5-2)13-9-11-15-16-12-13/h9,11-12H,4-8,10H2,1-3H3. The van der Waals surface area contributed by atoms with Crippen LogP contribution in [-0.2, 0) is 5.41 Å². The Morgan fingerprint density at radius 2 is 1.94 bits per heavy atom. The Morgan fingerprint density at radius 3 is 2.50 bits per heavy atom. The summed E-state index contributed by atoms with van der Waals surface area (Å²) in [7, 11) is 0. The smallest absolute Gasteiger partial charge is 0.0533 e. The van der Waals surface area contributed by atoms with Crippen LogP contribution in [0.15, 0.2) is 18.5 Å². The Morgan fingerprint density at radius 1 is 1.12 bits per heavy atom. The Labute approximate surface area is 99.5 Å². The van der Waals surface area contributed by atoms with E-state index in [2.05, 4.69) is 37.0 Å². The van der Waals surface area contributed by atoms with Crippen LogP contribution in [0, 0.1) is 0 Å². The third kappa shape index (κ3) is 3.58. The van der Waals surface area contributed by atoms with Crippen molar-refractivity contribution in [1.29, 1.82) is 0 Å². The summed E-state index contributed by atoms with van der Waals surface area (Å²) in [5, 5.41) is 7.85. The number of aromatic nitrogens is 2. The summed E-state index contributed by atoms with van der Waals surface area (Å²) in [5.74, 6) is 0. The van der Waals surface area contributed by atoms with Gasteiger partial charge in [-0.15, -0.1) is 0 Å². The molecule has 0 aliphatic heterocycles. The van der Waals surface area contributed by atoms with Crippen LogP contribution in [0.4, 0.5) is 0 Å². The lowest BCUT2D eigenvalue weighted by Crippen LogP contribution is -2.21. The molecule has 0 radical (unpaired) electrons. The molecule has 0 saturated heterocycles. The second-order valence-corrected chi connectivity index (χ2v) is 4.86. The van der Waals surface area contributed by atoms with E-state index >= 15 is 0 Å². The van der Waals surface area contributed by atoms with Crippen LogP contribution in [0.5, 0.6) is 0 Å². The first-order valence-corrected chi connectivity index (χ1v) is 6.50. The molecule has 1 atom stereocenters. The Balaban J connectivity index is 2.56. The van der Waals surface area contributed by atoms with Crippen LogP contribution in [0.25, 0.3) is 0 Å². The summed E-state index contributed by atoms with van der Waals surface area (Å²) in [6.07, 6.45) is 11.5. The van der Waals surface area contributed by atoms with E-state index in [9.17, 15) is 0 Å². The van der Waals surface area contributed by atoms with Gasteiger partial charge in [0.1, 0.15) is 0 Å². The van der Waals surface area contributed by atoms with Gasteiger partial charge in [0.2, 0.25) is 0 Å². The van der Waals surface area contributed by atoms with Crippen molar-refractivity contribution < 1.29 is 0 Å². The Hall–Kier alpha value is -0.920. The van der Waals surface area contributed by atoms with Crippen LogP contribution >= 0.6 is 0 Å². The third-order valence-electron chi connectivity index (χ3n) is 3.64. The van der Waals surface area contributed by atoms with Gasteiger partial charge in [0.15, 0.2) is 0 Å². The highest BCUT2D eigenvalue weighted by Gasteiger charge is 2.23. The largest absolute Gasteiger partial charge is 0.159 e. The van der Waals surface area contributed by atoms with Crippen molar-refractivity contribution in [3.05, 3.63) is 24.0 Å². The van der Waals surface area contributed by atoms with E-state index in [1.807, 2.05) is 6.20 Å². The topological polar surface area (TPSA) is 25.8 Å². The molecule has 0 spiro atoms. The Kier molecular flexibility index (Phi) is 5.44. The molecule has 2 heteroatoms. The first-order chi connectivity index (χ1) is 7.73. The van der Waals surface area contributed by atoms with Crippen LogP contribution in [0.1, 0.15) is 64.9 Å². The quantitative estimate of drug-likeness (QED) is 0.646. The highest BCUT2D eigenvalue weighted by molar-refractivity contribution is 5.18. The fourth-order valence-electron chi connectivity index (χ4n) is 2.11. The van der Waals surface area contributed by atoms with Crippen LogP contribution < -0.4 is 0 Å². The number of nitrogens with zero attached hydrogens (tertiary/aromatic N) is 2. The minimum atomic E-state index is 0.281. The summed E-state index contributed by atoms with van der Waals surface area (Å²) in [6, 6.07) is 2.11.